The highest BCUT2D eigenvalue weighted by molar-refractivity contribution is 6.00. The summed E-state index contributed by atoms with van der Waals surface area (Å²) in [6, 6.07) is 9.98. The van der Waals surface area contributed by atoms with Gasteiger partial charge >= 0.3 is 11.9 Å². The number of ether oxygens (including phenoxy) is 1. The van der Waals surface area contributed by atoms with Crippen molar-refractivity contribution in [1.82, 2.24) is 5.43 Å². The van der Waals surface area contributed by atoms with Crippen molar-refractivity contribution in [2.75, 3.05) is 0 Å². The molecule has 2 aromatic rings. The summed E-state index contributed by atoms with van der Waals surface area (Å²) in [5, 5.41) is 3.99. The Balaban J connectivity index is 2.02. The van der Waals surface area contributed by atoms with Crippen LogP contribution in [-0.4, -0.2) is 17.6 Å². The first-order valence-corrected chi connectivity index (χ1v) is 6.23. The number of rotatable bonds is 4. The first-order chi connectivity index (χ1) is 10.1. The zero-order chi connectivity index (χ0) is 15.2. The summed E-state index contributed by atoms with van der Waals surface area (Å²) in [7, 11) is 0. The molecule has 0 saturated heterocycles. The molecule has 0 aliphatic rings. The molecule has 108 valence electrons. The van der Waals surface area contributed by atoms with Gasteiger partial charge in [-0.3, -0.25) is 9.59 Å². The molecule has 1 N–H and O–H groups in total. The summed E-state index contributed by atoms with van der Waals surface area (Å²) < 4.78 is 9.89. The first-order valence-electron chi connectivity index (χ1n) is 6.23. The highest BCUT2D eigenvalue weighted by atomic mass is 16.5. The molecule has 0 unspecified atom stereocenters. The Morgan fingerprint density at radius 3 is 2.43 bits per heavy atom. The number of amides is 1. The van der Waals surface area contributed by atoms with Gasteiger partial charge in [-0.2, -0.15) is 5.10 Å². The van der Waals surface area contributed by atoms with E-state index in [-0.39, 0.29) is 11.7 Å². The molecule has 0 fully saturated rings. The van der Waals surface area contributed by atoms with Crippen LogP contribution in [0.1, 0.15) is 30.0 Å². The number of esters is 1. The summed E-state index contributed by atoms with van der Waals surface area (Å²) in [5.74, 6) is -0.148. The summed E-state index contributed by atoms with van der Waals surface area (Å²) in [5.41, 5.74) is 3.81. The van der Waals surface area contributed by atoms with Crippen molar-refractivity contribution in [3.63, 3.8) is 0 Å². The van der Waals surface area contributed by atoms with E-state index >= 15 is 0 Å². The van der Waals surface area contributed by atoms with Gasteiger partial charge in [0.05, 0.1) is 12.0 Å². The third-order valence-electron chi connectivity index (χ3n) is 2.60. The quantitative estimate of drug-likeness (QED) is 0.405. The Labute approximate surface area is 121 Å². The Morgan fingerprint density at radius 1 is 1.14 bits per heavy atom. The highest BCUT2D eigenvalue weighted by Crippen LogP contribution is 2.13. The minimum atomic E-state index is -0.420. The Kier molecular flexibility index (Phi) is 4.50. The average Bonchev–Trinajstić information content (AvgIpc) is 2.99. The molecule has 21 heavy (non-hydrogen) atoms. The molecule has 1 amide bonds. The van der Waals surface area contributed by atoms with E-state index in [4.69, 9.17) is 9.15 Å². The van der Waals surface area contributed by atoms with Crippen molar-refractivity contribution in [3.05, 3.63) is 54.0 Å². The van der Waals surface area contributed by atoms with Crippen LogP contribution >= 0.6 is 0 Å². The second kappa shape index (κ2) is 6.51. The second-order valence-electron chi connectivity index (χ2n) is 4.23. The van der Waals surface area contributed by atoms with Crippen LogP contribution in [0.5, 0.6) is 5.75 Å². The first kappa shape index (κ1) is 14.5. The van der Waals surface area contributed by atoms with Gasteiger partial charge in [0.25, 0.3) is 0 Å². The van der Waals surface area contributed by atoms with Gasteiger partial charge in [-0.15, -0.1) is 0 Å². The molecule has 0 bridgehead atoms. The SMILES string of the molecule is CC(=O)Oc1ccc(C(C)=NNC(=O)c2ccco2)cc1. The second-order valence-corrected chi connectivity index (χ2v) is 4.23. The highest BCUT2D eigenvalue weighted by Gasteiger charge is 2.07. The lowest BCUT2D eigenvalue weighted by Gasteiger charge is -2.04. The minimum Gasteiger partial charge on any atom is -0.459 e. The zero-order valence-corrected chi connectivity index (χ0v) is 11.6. The summed E-state index contributed by atoms with van der Waals surface area (Å²) >= 11 is 0. The molecule has 0 saturated carbocycles. The molecule has 0 aliphatic heterocycles. The molecule has 0 atom stereocenters. The Hall–Kier alpha value is -2.89. The van der Waals surface area contributed by atoms with Crippen LogP contribution in [0, 0.1) is 0 Å². The van der Waals surface area contributed by atoms with Crippen molar-refractivity contribution in [2.24, 2.45) is 5.10 Å². The number of benzene rings is 1. The van der Waals surface area contributed by atoms with E-state index in [0.717, 1.165) is 5.56 Å². The molecule has 1 aromatic carbocycles. The summed E-state index contributed by atoms with van der Waals surface area (Å²) in [6.45, 7) is 3.09. The molecule has 6 heteroatoms. The van der Waals surface area contributed by atoms with Gasteiger partial charge in [-0.25, -0.2) is 5.43 Å². The van der Waals surface area contributed by atoms with Gasteiger partial charge in [-0.1, -0.05) is 0 Å². The smallest absolute Gasteiger partial charge is 0.308 e. The largest absolute Gasteiger partial charge is 0.459 e. The maximum Gasteiger partial charge on any atom is 0.308 e. The third kappa shape index (κ3) is 4.04. The van der Waals surface area contributed by atoms with Gasteiger partial charge in [-0.05, 0) is 48.9 Å². The van der Waals surface area contributed by atoms with E-state index in [0.29, 0.717) is 11.5 Å². The Bertz CT molecular complexity index is 657. The van der Waals surface area contributed by atoms with Crippen LogP contribution in [0.25, 0.3) is 0 Å². The fourth-order valence-electron chi connectivity index (χ4n) is 1.59. The number of furan rings is 1. The van der Waals surface area contributed by atoms with Gasteiger partial charge in [0.15, 0.2) is 5.76 Å². The van der Waals surface area contributed by atoms with Gasteiger partial charge in [0.2, 0.25) is 0 Å². The van der Waals surface area contributed by atoms with Crippen molar-refractivity contribution >= 4 is 17.6 Å². The molecule has 2 rings (SSSR count). The van der Waals surface area contributed by atoms with E-state index in [9.17, 15) is 9.59 Å². The lowest BCUT2D eigenvalue weighted by molar-refractivity contribution is -0.131. The number of hydrogen-bond acceptors (Lipinski definition) is 5. The van der Waals surface area contributed by atoms with E-state index in [1.54, 1.807) is 43.3 Å². The van der Waals surface area contributed by atoms with E-state index in [1.807, 2.05) is 0 Å². The fourth-order valence-corrected chi connectivity index (χ4v) is 1.59. The van der Waals surface area contributed by atoms with Crippen LogP contribution in [-0.2, 0) is 4.79 Å². The number of nitrogens with one attached hydrogen (secondary N) is 1. The van der Waals surface area contributed by atoms with E-state index in [1.165, 1.54) is 13.2 Å². The maximum absolute atomic E-state index is 11.6. The molecule has 6 nitrogen and oxygen atoms in total. The van der Waals surface area contributed by atoms with E-state index < -0.39 is 5.91 Å². The molecule has 0 radical (unpaired) electrons. The van der Waals surface area contributed by atoms with Gasteiger partial charge in [0, 0.05) is 6.92 Å². The predicted molar refractivity (Wildman–Crippen MR) is 76.1 cm³/mol. The molecule has 1 heterocycles. The molecule has 1 aromatic heterocycles. The normalized spacial score (nSPS) is 11.0. The third-order valence-corrected chi connectivity index (χ3v) is 2.60. The molecule has 0 aliphatic carbocycles. The summed E-state index contributed by atoms with van der Waals surface area (Å²) in [4.78, 5) is 22.5. The topological polar surface area (TPSA) is 80.9 Å². The lowest BCUT2D eigenvalue weighted by atomic mass is 10.1. The zero-order valence-electron chi connectivity index (χ0n) is 11.6. The number of hydrogen-bond donors (Lipinski definition) is 1. The van der Waals surface area contributed by atoms with Crippen LogP contribution in [0.2, 0.25) is 0 Å². The van der Waals surface area contributed by atoms with E-state index in [2.05, 4.69) is 10.5 Å². The monoisotopic (exact) mass is 286 g/mol. The van der Waals surface area contributed by atoms with Crippen LogP contribution in [0.15, 0.2) is 52.2 Å². The molecule has 0 spiro atoms. The van der Waals surface area contributed by atoms with Gasteiger partial charge < -0.3 is 9.15 Å². The van der Waals surface area contributed by atoms with Gasteiger partial charge in [0.1, 0.15) is 5.75 Å². The minimum absolute atomic E-state index is 0.191. The predicted octanol–water partition coefficient (Wildman–Crippen LogP) is 2.36. The molecular weight excluding hydrogens is 272 g/mol. The maximum atomic E-state index is 11.6. The van der Waals surface area contributed by atoms with Crippen LogP contribution < -0.4 is 10.2 Å². The summed E-state index contributed by atoms with van der Waals surface area (Å²) in [6.07, 6.45) is 1.42. The van der Waals surface area contributed by atoms with Crippen molar-refractivity contribution in [1.29, 1.82) is 0 Å². The average molecular weight is 286 g/mol. The molecular formula is C15H14N2O4. The van der Waals surface area contributed by atoms with Crippen LogP contribution in [0.4, 0.5) is 0 Å². The van der Waals surface area contributed by atoms with Crippen molar-refractivity contribution < 1.29 is 18.7 Å². The lowest BCUT2D eigenvalue weighted by Crippen LogP contribution is -2.18. The standard InChI is InChI=1S/C15H14N2O4/c1-10(16-17-15(19)14-4-3-9-20-14)12-5-7-13(8-6-12)21-11(2)18/h3-9H,1-2H3,(H,17,19). The number of carbonyl (C=O) groups is 2. The van der Waals surface area contributed by atoms with Crippen molar-refractivity contribution in [2.45, 2.75) is 13.8 Å². The number of hydrazone groups is 1. The van der Waals surface area contributed by atoms with Crippen molar-refractivity contribution in [3.8, 4) is 5.75 Å². The van der Waals surface area contributed by atoms with Crippen LogP contribution in [0.3, 0.4) is 0 Å². The number of carbonyl (C=O) groups excluding carboxylic acids is 2. The Morgan fingerprint density at radius 2 is 1.86 bits per heavy atom. The number of nitrogens with zero attached hydrogens (tertiary/aromatic N) is 1. The fraction of sp³-hybridized carbons (Fsp3) is 0.133.